The molecular weight excluding hydrogens is 380 g/mol. The second kappa shape index (κ2) is 13.7. The van der Waals surface area contributed by atoms with E-state index in [2.05, 4.69) is 40.4 Å². The summed E-state index contributed by atoms with van der Waals surface area (Å²) in [5, 5.41) is 2.74. The second-order valence-corrected chi connectivity index (χ2v) is 5.54. The van der Waals surface area contributed by atoms with E-state index >= 15 is 0 Å². The van der Waals surface area contributed by atoms with Crippen molar-refractivity contribution < 1.29 is 23.8 Å². The van der Waals surface area contributed by atoms with Crippen LogP contribution < -0.4 is 25.2 Å². The van der Waals surface area contributed by atoms with Crippen LogP contribution in [0.2, 0.25) is 0 Å². The van der Waals surface area contributed by atoms with E-state index in [1.807, 2.05) is 0 Å². The van der Waals surface area contributed by atoms with Gasteiger partial charge >= 0.3 is 0 Å². The molecule has 146 valence electrons. The molecule has 11 heteroatoms. The van der Waals surface area contributed by atoms with Crippen LogP contribution in [0.15, 0.2) is 24.3 Å². The zero-order chi connectivity index (χ0) is 19.2. The lowest BCUT2D eigenvalue weighted by Gasteiger charge is -2.14. The molecule has 0 aliphatic heterocycles. The van der Waals surface area contributed by atoms with Crippen molar-refractivity contribution in [2.75, 3.05) is 39.5 Å². The third-order valence-corrected chi connectivity index (χ3v) is 3.42. The van der Waals surface area contributed by atoms with Crippen molar-refractivity contribution >= 4 is 37.4 Å². The van der Waals surface area contributed by atoms with E-state index in [-0.39, 0.29) is 38.2 Å². The van der Waals surface area contributed by atoms with Crippen molar-refractivity contribution in [1.82, 2.24) is 14.8 Å². The molecule has 1 aromatic rings. The maximum Gasteiger partial charge on any atom is 0.255 e. The molecule has 0 saturated heterocycles. The van der Waals surface area contributed by atoms with E-state index in [0.29, 0.717) is 24.4 Å². The number of nitrogens with two attached hydrogens (primary N) is 1. The van der Waals surface area contributed by atoms with Crippen molar-refractivity contribution in [3.8, 4) is 5.75 Å². The molecule has 0 heterocycles. The first-order valence-electron chi connectivity index (χ1n) is 7.82. The Morgan fingerprint density at radius 2 is 2.00 bits per heavy atom. The average molecular weight is 405 g/mol. The van der Waals surface area contributed by atoms with E-state index < -0.39 is 6.23 Å². The number of rotatable bonds is 13. The second-order valence-electron chi connectivity index (χ2n) is 5.00. The molecule has 26 heavy (non-hydrogen) atoms. The number of amides is 2. The SMILES string of the molecule is NC(COc1cccc(C(=O)NCCNS)c1)OCCOCC(=O)NS. The first-order chi connectivity index (χ1) is 12.6. The van der Waals surface area contributed by atoms with E-state index in [0.717, 1.165) is 0 Å². The first-order valence-corrected chi connectivity index (χ1v) is 8.72. The number of thiol groups is 2. The van der Waals surface area contributed by atoms with Crippen LogP contribution in [0, 0.1) is 0 Å². The molecule has 5 N–H and O–H groups in total. The highest BCUT2D eigenvalue weighted by Gasteiger charge is 2.08. The topological polar surface area (TPSA) is 124 Å². The summed E-state index contributed by atoms with van der Waals surface area (Å²) in [5.41, 5.74) is 6.26. The van der Waals surface area contributed by atoms with Crippen molar-refractivity contribution in [2.24, 2.45) is 5.73 Å². The Hall–Kier alpha value is -1.50. The van der Waals surface area contributed by atoms with Gasteiger partial charge in [0, 0.05) is 18.7 Å². The van der Waals surface area contributed by atoms with Gasteiger partial charge < -0.3 is 30.0 Å². The van der Waals surface area contributed by atoms with Crippen LogP contribution >= 0.6 is 25.6 Å². The molecule has 0 aliphatic carbocycles. The van der Waals surface area contributed by atoms with Gasteiger partial charge in [-0.05, 0) is 18.2 Å². The molecule has 1 atom stereocenters. The highest BCUT2D eigenvalue weighted by atomic mass is 32.1. The normalized spacial score (nSPS) is 11.7. The van der Waals surface area contributed by atoms with Gasteiger partial charge in [-0.2, -0.15) is 0 Å². The molecule has 0 spiro atoms. The molecule has 0 bridgehead atoms. The minimum Gasteiger partial charge on any atom is -0.489 e. The van der Waals surface area contributed by atoms with Crippen molar-refractivity contribution in [1.29, 1.82) is 0 Å². The Morgan fingerprint density at radius 1 is 1.19 bits per heavy atom. The Kier molecular flexibility index (Phi) is 11.9. The highest BCUT2D eigenvalue weighted by Crippen LogP contribution is 2.13. The van der Waals surface area contributed by atoms with Crippen LogP contribution in [0.1, 0.15) is 10.4 Å². The van der Waals surface area contributed by atoms with Crippen LogP contribution in [-0.2, 0) is 14.3 Å². The smallest absolute Gasteiger partial charge is 0.255 e. The molecule has 1 rings (SSSR count). The summed E-state index contributed by atoms with van der Waals surface area (Å²) in [4.78, 5) is 22.9. The summed E-state index contributed by atoms with van der Waals surface area (Å²) in [7, 11) is 0. The lowest BCUT2D eigenvalue weighted by atomic mass is 10.2. The van der Waals surface area contributed by atoms with Crippen molar-refractivity contribution in [3.05, 3.63) is 29.8 Å². The number of hydrogen-bond donors (Lipinski definition) is 6. The largest absolute Gasteiger partial charge is 0.489 e. The standard InChI is InChI=1S/C15H24N4O5S2/c16-13(23-7-6-22-10-14(20)19-26)9-24-12-3-1-2-11(8-12)15(21)17-4-5-18-25/h1-3,8,13,18,25-26H,4-7,9-10,16H2,(H,17,21)(H,19,20). The Balaban J connectivity index is 2.28. The molecule has 0 aliphatic rings. The van der Waals surface area contributed by atoms with E-state index in [1.54, 1.807) is 24.3 Å². The third kappa shape index (κ3) is 9.85. The lowest BCUT2D eigenvalue weighted by Crippen LogP contribution is -2.32. The highest BCUT2D eigenvalue weighted by molar-refractivity contribution is 7.78. The van der Waals surface area contributed by atoms with Gasteiger partial charge in [-0.3, -0.25) is 14.3 Å². The first kappa shape index (κ1) is 22.5. The van der Waals surface area contributed by atoms with Crippen molar-refractivity contribution in [2.45, 2.75) is 6.23 Å². The molecular formula is C15H24N4O5S2. The molecule has 2 amide bonds. The maximum absolute atomic E-state index is 12.0. The van der Waals surface area contributed by atoms with Crippen molar-refractivity contribution in [3.63, 3.8) is 0 Å². The quantitative estimate of drug-likeness (QED) is 0.149. The van der Waals surface area contributed by atoms with Crippen LogP contribution in [0.25, 0.3) is 0 Å². The fourth-order valence-corrected chi connectivity index (χ4v) is 1.92. The minimum atomic E-state index is -0.670. The van der Waals surface area contributed by atoms with Gasteiger partial charge in [-0.25, -0.2) is 0 Å². The zero-order valence-electron chi connectivity index (χ0n) is 14.1. The Labute approximate surface area is 163 Å². The van der Waals surface area contributed by atoms with Crippen LogP contribution in [0.4, 0.5) is 0 Å². The monoisotopic (exact) mass is 404 g/mol. The number of carbonyl (C=O) groups is 2. The maximum atomic E-state index is 12.0. The Morgan fingerprint density at radius 3 is 2.73 bits per heavy atom. The summed E-state index contributed by atoms with van der Waals surface area (Å²) >= 11 is 7.45. The Bertz CT molecular complexity index is 565. The average Bonchev–Trinajstić information content (AvgIpc) is 2.66. The fraction of sp³-hybridized carbons (Fsp3) is 0.467. The zero-order valence-corrected chi connectivity index (χ0v) is 15.9. The van der Waals surface area contributed by atoms with Crippen LogP contribution in [-0.4, -0.2) is 57.6 Å². The van der Waals surface area contributed by atoms with Gasteiger partial charge in [-0.15, -0.1) is 0 Å². The van der Waals surface area contributed by atoms with Gasteiger partial charge in [0.2, 0.25) is 0 Å². The molecule has 1 unspecified atom stereocenters. The predicted octanol–water partition coefficient (Wildman–Crippen LogP) is -0.491. The van der Waals surface area contributed by atoms with Gasteiger partial charge in [0.05, 0.1) is 13.2 Å². The van der Waals surface area contributed by atoms with Gasteiger partial charge in [0.15, 0.2) is 0 Å². The summed E-state index contributed by atoms with van der Waals surface area (Å²) in [6, 6.07) is 6.74. The summed E-state index contributed by atoms with van der Waals surface area (Å²) in [6.07, 6.45) is -0.670. The number of carbonyl (C=O) groups excluding carboxylic acids is 2. The van der Waals surface area contributed by atoms with Crippen LogP contribution in [0.5, 0.6) is 5.75 Å². The van der Waals surface area contributed by atoms with Gasteiger partial charge in [0.25, 0.3) is 11.8 Å². The number of hydrogen-bond acceptors (Lipinski definition) is 9. The molecule has 1 aromatic carbocycles. The van der Waals surface area contributed by atoms with Crippen LogP contribution in [0.3, 0.4) is 0 Å². The summed E-state index contributed by atoms with van der Waals surface area (Å²) in [5.74, 6) is -0.0422. The molecule has 0 fully saturated rings. The molecule has 0 radical (unpaired) electrons. The fourth-order valence-electron chi connectivity index (χ4n) is 1.74. The molecule has 0 aromatic heterocycles. The number of ether oxygens (including phenoxy) is 3. The molecule has 0 saturated carbocycles. The van der Waals surface area contributed by atoms with E-state index in [4.69, 9.17) is 19.9 Å². The minimum absolute atomic E-state index is 0.0997. The lowest BCUT2D eigenvalue weighted by molar-refractivity contribution is -0.124. The van der Waals surface area contributed by atoms with E-state index in [9.17, 15) is 9.59 Å². The van der Waals surface area contributed by atoms with Gasteiger partial charge in [0.1, 0.15) is 25.2 Å². The predicted molar refractivity (Wildman–Crippen MR) is 103 cm³/mol. The summed E-state index contributed by atoms with van der Waals surface area (Å²) in [6.45, 7) is 1.45. The molecule has 9 nitrogen and oxygen atoms in total. The van der Waals surface area contributed by atoms with Gasteiger partial charge in [-0.1, -0.05) is 31.7 Å². The number of nitrogens with one attached hydrogen (secondary N) is 3. The third-order valence-electron chi connectivity index (χ3n) is 2.95. The number of benzene rings is 1. The van der Waals surface area contributed by atoms with E-state index in [1.165, 1.54) is 0 Å². The summed E-state index contributed by atoms with van der Waals surface area (Å²) < 4.78 is 20.7.